The van der Waals surface area contributed by atoms with Crippen LogP contribution in [0.15, 0.2) is 12.1 Å². The van der Waals surface area contributed by atoms with Crippen molar-refractivity contribution in [3.05, 3.63) is 23.3 Å². The molecule has 0 atom stereocenters. The number of ketones is 1. The molecule has 0 spiro atoms. The molecule has 1 rings (SSSR count). The van der Waals surface area contributed by atoms with Crippen molar-refractivity contribution in [3.8, 4) is 11.5 Å². The third-order valence-corrected chi connectivity index (χ3v) is 2.43. The van der Waals surface area contributed by atoms with Crippen LogP contribution < -0.4 is 14.8 Å². The van der Waals surface area contributed by atoms with Crippen molar-refractivity contribution in [2.45, 2.75) is 6.92 Å². The van der Waals surface area contributed by atoms with E-state index in [0.29, 0.717) is 17.1 Å². The molecule has 4 heteroatoms. The van der Waals surface area contributed by atoms with Gasteiger partial charge in [0.25, 0.3) is 0 Å². The van der Waals surface area contributed by atoms with E-state index < -0.39 is 0 Å². The zero-order valence-corrected chi connectivity index (χ0v) is 10.1. The number of nitrogens with one attached hydrogen (secondary N) is 1. The van der Waals surface area contributed by atoms with Gasteiger partial charge in [0, 0.05) is 5.56 Å². The van der Waals surface area contributed by atoms with E-state index in [1.54, 1.807) is 33.4 Å². The summed E-state index contributed by atoms with van der Waals surface area (Å²) in [5.41, 5.74) is 1.39. The summed E-state index contributed by atoms with van der Waals surface area (Å²) in [6, 6.07) is 3.54. The summed E-state index contributed by atoms with van der Waals surface area (Å²) in [6.07, 6.45) is 0. The van der Waals surface area contributed by atoms with E-state index in [9.17, 15) is 4.79 Å². The molecule has 0 aliphatic heterocycles. The van der Waals surface area contributed by atoms with Crippen molar-refractivity contribution in [1.29, 1.82) is 0 Å². The monoisotopic (exact) mass is 223 g/mol. The highest BCUT2D eigenvalue weighted by molar-refractivity contribution is 6.02. The molecule has 1 N–H and O–H groups in total. The minimum Gasteiger partial charge on any atom is -0.496 e. The van der Waals surface area contributed by atoms with Gasteiger partial charge in [-0.05, 0) is 26.1 Å². The van der Waals surface area contributed by atoms with E-state index in [-0.39, 0.29) is 12.3 Å². The van der Waals surface area contributed by atoms with Gasteiger partial charge in [-0.25, -0.2) is 0 Å². The summed E-state index contributed by atoms with van der Waals surface area (Å²) in [6.45, 7) is 2.13. The number of ether oxygens (including phenoxy) is 2. The second kappa shape index (κ2) is 5.51. The predicted octanol–water partition coefficient (Wildman–Crippen LogP) is 1.41. The summed E-state index contributed by atoms with van der Waals surface area (Å²) in [7, 11) is 4.87. The number of Topliss-reactive ketones (excluding diaryl/α,β-unsaturated/α-hetero) is 1. The van der Waals surface area contributed by atoms with E-state index >= 15 is 0 Å². The van der Waals surface area contributed by atoms with Crippen LogP contribution >= 0.6 is 0 Å². The van der Waals surface area contributed by atoms with Gasteiger partial charge < -0.3 is 14.8 Å². The van der Waals surface area contributed by atoms with Gasteiger partial charge in [0.1, 0.15) is 11.5 Å². The highest BCUT2D eigenvalue weighted by Gasteiger charge is 2.17. The van der Waals surface area contributed by atoms with E-state index in [1.807, 2.05) is 6.92 Å². The molecule has 1 aromatic carbocycles. The minimum absolute atomic E-state index is 0.00394. The Hall–Kier alpha value is -1.55. The summed E-state index contributed by atoms with van der Waals surface area (Å²) in [4.78, 5) is 11.9. The van der Waals surface area contributed by atoms with Crippen LogP contribution in [0.2, 0.25) is 0 Å². The number of hydrogen-bond acceptors (Lipinski definition) is 4. The van der Waals surface area contributed by atoms with Gasteiger partial charge in [0.2, 0.25) is 0 Å². The maximum absolute atomic E-state index is 11.9. The fourth-order valence-electron chi connectivity index (χ4n) is 1.65. The first-order valence-corrected chi connectivity index (χ1v) is 5.05. The standard InChI is InChI=1S/C12H17NO3/c1-8-10(15-3)5-6-11(16-4)12(8)9(14)7-13-2/h5-6,13H,7H2,1-4H3. The largest absolute Gasteiger partial charge is 0.496 e. The van der Waals surface area contributed by atoms with Crippen LogP contribution in [0, 0.1) is 6.92 Å². The van der Waals surface area contributed by atoms with Gasteiger partial charge >= 0.3 is 0 Å². The number of hydrogen-bond donors (Lipinski definition) is 1. The minimum atomic E-state index is -0.00394. The molecule has 0 amide bonds. The Kier molecular flexibility index (Phi) is 4.31. The van der Waals surface area contributed by atoms with Crippen molar-refractivity contribution in [1.82, 2.24) is 5.32 Å². The molecule has 0 aliphatic carbocycles. The second-order valence-electron chi connectivity index (χ2n) is 3.42. The summed E-state index contributed by atoms with van der Waals surface area (Å²) in [5.74, 6) is 1.27. The van der Waals surface area contributed by atoms with Gasteiger partial charge in [-0.1, -0.05) is 0 Å². The zero-order valence-electron chi connectivity index (χ0n) is 10.1. The number of carbonyl (C=O) groups is 1. The lowest BCUT2D eigenvalue weighted by molar-refractivity contribution is 0.0989. The molecular weight excluding hydrogens is 206 g/mol. The highest BCUT2D eigenvalue weighted by Crippen LogP contribution is 2.29. The Morgan fingerprint density at radius 2 is 1.81 bits per heavy atom. The maximum atomic E-state index is 11.9. The SMILES string of the molecule is CNCC(=O)c1c(OC)ccc(OC)c1C. The first-order chi connectivity index (χ1) is 7.65. The molecule has 88 valence electrons. The van der Waals surface area contributed by atoms with Crippen molar-refractivity contribution in [2.24, 2.45) is 0 Å². The Balaban J connectivity index is 3.26. The van der Waals surface area contributed by atoms with Crippen LogP contribution in [0.4, 0.5) is 0 Å². The molecule has 0 fully saturated rings. The smallest absolute Gasteiger partial charge is 0.180 e. The summed E-state index contributed by atoms with van der Waals surface area (Å²) < 4.78 is 10.4. The molecule has 4 nitrogen and oxygen atoms in total. The zero-order chi connectivity index (χ0) is 12.1. The van der Waals surface area contributed by atoms with Gasteiger partial charge in [-0.15, -0.1) is 0 Å². The molecule has 0 aliphatic rings. The Morgan fingerprint density at radius 3 is 2.31 bits per heavy atom. The van der Waals surface area contributed by atoms with Crippen LogP contribution in [0.1, 0.15) is 15.9 Å². The number of likely N-dealkylation sites (N-methyl/N-ethyl adjacent to an activating group) is 1. The fraction of sp³-hybridized carbons (Fsp3) is 0.417. The van der Waals surface area contributed by atoms with Crippen molar-refractivity contribution in [3.63, 3.8) is 0 Å². The molecule has 0 radical (unpaired) electrons. The first-order valence-electron chi connectivity index (χ1n) is 5.05. The average molecular weight is 223 g/mol. The molecule has 0 unspecified atom stereocenters. The second-order valence-corrected chi connectivity index (χ2v) is 3.42. The van der Waals surface area contributed by atoms with Crippen LogP contribution in [0.25, 0.3) is 0 Å². The normalized spacial score (nSPS) is 10.0. The molecule has 16 heavy (non-hydrogen) atoms. The van der Waals surface area contributed by atoms with Crippen molar-refractivity contribution in [2.75, 3.05) is 27.8 Å². The Bertz CT molecular complexity index is 388. The number of carbonyl (C=O) groups excluding carboxylic acids is 1. The Labute approximate surface area is 95.6 Å². The van der Waals surface area contributed by atoms with Crippen LogP contribution in [0.3, 0.4) is 0 Å². The van der Waals surface area contributed by atoms with Gasteiger partial charge in [-0.3, -0.25) is 4.79 Å². The van der Waals surface area contributed by atoms with Crippen molar-refractivity contribution < 1.29 is 14.3 Å². The molecule has 0 heterocycles. The van der Waals surface area contributed by atoms with Gasteiger partial charge in [0.15, 0.2) is 5.78 Å². The highest BCUT2D eigenvalue weighted by atomic mass is 16.5. The topological polar surface area (TPSA) is 47.6 Å². The van der Waals surface area contributed by atoms with Gasteiger partial charge in [-0.2, -0.15) is 0 Å². The molecule has 0 saturated heterocycles. The first kappa shape index (κ1) is 12.5. The van der Waals surface area contributed by atoms with Crippen LogP contribution in [-0.4, -0.2) is 33.6 Å². The quantitative estimate of drug-likeness (QED) is 0.767. The number of methoxy groups -OCH3 is 2. The summed E-state index contributed by atoms with van der Waals surface area (Å²) in [5, 5.41) is 2.84. The maximum Gasteiger partial charge on any atom is 0.180 e. The van der Waals surface area contributed by atoms with E-state index in [2.05, 4.69) is 5.32 Å². The lowest BCUT2D eigenvalue weighted by Gasteiger charge is -2.13. The van der Waals surface area contributed by atoms with Gasteiger partial charge in [0.05, 0.1) is 26.3 Å². The molecule has 0 bridgehead atoms. The van der Waals surface area contributed by atoms with E-state index in [1.165, 1.54) is 0 Å². The number of rotatable bonds is 5. The lowest BCUT2D eigenvalue weighted by atomic mass is 10.0. The van der Waals surface area contributed by atoms with Crippen LogP contribution in [-0.2, 0) is 0 Å². The third kappa shape index (κ3) is 2.33. The number of benzene rings is 1. The fourth-order valence-corrected chi connectivity index (χ4v) is 1.65. The lowest BCUT2D eigenvalue weighted by Crippen LogP contribution is -2.20. The Morgan fingerprint density at radius 1 is 1.25 bits per heavy atom. The van der Waals surface area contributed by atoms with E-state index in [4.69, 9.17) is 9.47 Å². The van der Waals surface area contributed by atoms with Crippen molar-refractivity contribution >= 4 is 5.78 Å². The predicted molar refractivity (Wildman–Crippen MR) is 62.5 cm³/mol. The average Bonchev–Trinajstić information content (AvgIpc) is 2.28. The van der Waals surface area contributed by atoms with E-state index in [0.717, 1.165) is 5.56 Å². The molecular formula is C12H17NO3. The summed E-state index contributed by atoms with van der Waals surface area (Å²) >= 11 is 0. The molecule has 1 aromatic rings. The van der Waals surface area contributed by atoms with Crippen LogP contribution in [0.5, 0.6) is 11.5 Å². The molecule has 0 saturated carbocycles. The molecule has 0 aromatic heterocycles. The third-order valence-electron chi connectivity index (χ3n) is 2.43.